The maximum atomic E-state index is 13.3. The number of fused-ring (bicyclic) bond motifs is 1. The lowest BCUT2D eigenvalue weighted by Crippen LogP contribution is -2.22. The summed E-state index contributed by atoms with van der Waals surface area (Å²) in [7, 11) is 1.90. The molecule has 0 saturated carbocycles. The Morgan fingerprint density at radius 3 is 2.67 bits per heavy atom. The number of aryl methyl sites for hydroxylation is 3. The second kappa shape index (κ2) is 7.04. The van der Waals surface area contributed by atoms with Gasteiger partial charge in [-0.05, 0) is 37.6 Å². The highest BCUT2D eigenvalue weighted by Crippen LogP contribution is 2.26. The molecule has 136 valence electrons. The normalized spacial score (nSPS) is 11.2. The van der Waals surface area contributed by atoms with E-state index in [0.717, 1.165) is 22.3 Å². The minimum absolute atomic E-state index is 0.0405. The largest absolute Gasteiger partial charge is 0.276 e. The average Bonchev–Trinajstić information content (AvgIpc) is 3.06. The van der Waals surface area contributed by atoms with E-state index in [9.17, 15) is 4.79 Å². The Hall–Kier alpha value is -2.86. The zero-order valence-electron chi connectivity index (χ0n) is 15.5. The van der Waals surface area contributed by atoms with Gasteiger partial charge in [0, 0.05) is 24.6 Å². The molecule has 0 fully saturated rings. The van der Waals surface area contributed by atoms with Crippen LogP contribution < -0.4 is 5.56 Å². The lowest BCUT2D eigenvalue weighted by Gasteiger charge is -2.15. The summed E-state index contributed by atoms with van der Waals surface area (Å²) in [6.07, 6.45) is 3.82. The van der Waals surface area contributed by atoms with Gasteiger partial charge in [-0.1, -0.05) is 41.6 Å². The third kappa shape index (κ3) is 3.40. The van der Waals surface area contributed by atoms with Crippen LogP contribution in [0.1, 0.15) is 16.7 Å². The number of nitrogens with zero attached hydrogens (tertiary/aromatic N) is 4. The molecule has 0 aliphatic heterocycles. The standard InChI is InChI=1S/C21H20N4OS/c1-14-8-9-19(15(2)10-14)25-20(26)17-6-4-5-7-18(17)23-21(25)27-13-16-11-22-24(3)12-16/h4-12H,13H2,1-3H3. The van der Waals surface area contributed by atoms with Crippen molar-refractivity contribution < 1.29 is 0 Å². The summed E-state index contributed by atoms with van der Waals surface area (Å²) in [6, 6.07) is 13.6. The van der Waals surface area contributed by atoms with Gasteiger partial charge in [0.15, 0.2) is 5.16 Å². The van der Waals surface area contributed by atoms with Gasteiger partial charge in [0.05, 0.1) is 22.8 Å². The first-order chi connectivity index (χ1) is 13.0. The molecule has 0 aliphatic carbocycles. The summed E-state index contributed by atoms with van der Waals surface area (Å²) in [5, 5.41) is 5.53. The van der Waals surface area contributed by atoms with E-state index in [4.69, 9.17) is 4.98 Å². The van der Waals surface area contributed by atoms with Gasteiger partial charge in [0.25, 0.3) is 5.56 Å². The summed E-state index contributed by atoms with van der Waals surface area (Å²) >= 11 is 1.55. The van der Waals surface area contributed by atoms with Gasteiger partial charge < -0.3 is 0 Å². The number of aromatic nitrogens is 4. The first kappa shape index (κ1) is 17.5. The molecule has 0 radical (unpaired) electrons. The number of rotatable bonds is 4. The van der Waals surface area contributed by atoms with Crippen molar-refractivity contribution in [2.24, 2.45) is 7.05 Å². The summed E-state index contributed by atoms with van der Waals surface area (Å²) in [5.74, 6) is 0.698. The van der Waals surface area contributed by atoms with E-state index in [1.807, 2.05) is 62.8 Å². The highest BCUT2D eigenvalue weighted by Gasteiger charge is 2.15. The zero-order valence-corrected chi connectivity index (χ0v) is 16.3. The van der Waals surface area contributed by atoms with Crippen LogP contribution in [0.3, 0.4) is 0 Å². The van der Waals surface area contributed by atoms with E-state index in [1.54, 1.807) is 21.0 Å². The maximum absolute atomic E-state index is 13.3. The van der Waals surface area contributed by atoms with Crippen molar-refractivity contribution in [3.05, 3.63) is 81.9 Å². The molecule has 27 heavy (non-hydrogen) atoms. The van der Waals surface area contributed by atoms with E-state index in [1.165, 1.54) is 5.56 Å². The van der Waals surface area contributed by atoms with Crippen molar-refractivity contribution >= 4 is 22.7 Å². The molecule has 2 aromatic carbocycles. The summed E-state index contributed by atoms with van der Waals surface area (Å²) in [6.45, 7) is 4.08. The third-order valence-electron chi connectivity index (χ3n) is 4.46. The van der Waals surface area contributed by atoms with E-state index in [2.05, 4.69) is 18.1 Å². The third-order valence-corrected chi connectivity index (χ3v) is 5.47. The second-order valence-electron chi connectivity index (χ2n) is 6.65. The monoisotopic (exact) mass is 376 g/mol. The van der Waals surface area contributed by atoms with Crippen molar-refractivity contribution in [1.82, 2.24) is 19.3 Å². The molecule has 0 unspecified atom stereocenters. The van der Waals surface area contributed by atoms with Crippen LogP contribution in [0.25, 0.3) is 16.6 Å². The first-order valence-corrected chi connectivity index (χ1v) is 9.71. The van der Waals surface area contributed by atoms with Gasteiger partial charge in [0.2, 0.25) is 0 Å². The molecule has 4 rings (SSSR count). The fourth-order valence-electron chi connectivity index (χ4n) is 3.17. The molecule has 0 amide bonds. The molecule has 4 aromatic rings. The topological polar surface area (TPSA) is 52.7 Å². The molecule has 0 atom stereocenters. The lowest BCUT2D eigenvalue weighted by atomic mass is 10.1. The first-order valence-electron chi connectivity index (χ1n) is 8.72. The molecule has 5 nitrogen and oxygen atoms in total. The van der Waals surface area contributed by atoms with Crippen LogP contribution in [0.15, 0.2) is 64.8 Å². The van der Waals surface area contributed by atoms with Gasteiger partial charge >= 0.3 is 0 Å². The zero-order chi connectivity index (χ0) is 19.0. The summed E-state index contributed by atoms with van der Waals surface area (Å²) in [4.78, 5) is 18.1. The molecular weight excluding hydrogens is 356 g/mol. The maximum Gasteiger partial charge on any atom is 0.266 e. The van der Waals surface area contributed by atoms with Gasteiger partial charge in [0.1, 0.15) is 0 Å². The van der Waals surface area contributed by atoms with Gasteiger partial charge in [-0.2, -0.15) is 5.10 Å². The van der Waals surface area contributed by atoms with Crippen molar-refractivity contribution in [1.29, 1.82) is 0 Å². The summed E-state index contributed by atoms with van der Waals surface area (Å²) < 4.78 is 3.51. The molecule has 0 N–H and O–H groups in total. The molecule has 0 saturated heterocycles. The molecule has 0 aliphatic rings. The molecule has 0 spiro atoms. The van der Waals surface area contributed by atoms with Crippen LogP contribution in [0.5, 0.6) is 0 Å². The predicted molar refractivity (Wildman–Crippen MR) is 110 cm³/mol. The van der Waals surface area contributed by atoms with E-state index in [0.29, 0.717) is 16.3 Å². The van der Waals surface area contributed by atoms with Crippen molar-refractivity contribution in [2.75, 3.05) is 0 Å². The number of para-hydroxylation sites is 1. The van der Waals surface area contributed by atoms with Gasteiger partial charge in [-0.3, -0.25) is 14.0 Å². The van der Waals surface area contributed by atoms with E-state index >= 15 is 0 Å². The molecule has 2 aromatic heterocycles. The highest BCUT2D eigenvalue weighted by atomic mass is 32.2. The van der Waals surface area contributed by atoms with E-state index < -0.39 is 0 Å². The molecular formula is C21H20N4OS. The van der Waals surface area contributed by atoms with Gasteiger partial charge in [-0.25, -0.2) is 4.98 Å². The quantitative estimate of drug-likeness (QED) is 0.399. The number of benzene rings is 2. The Labute approximate surface area is 161 Å². The van der Waals surface area contributed by atoms with Crippen LogP contribution >= 0.6 is 11.8 Å². The Bertz CT molecular complexity index is 1190. The Morgan fingerprint density at radius 1 is 1.11 bits per heavy atom. The minimum atomic E-state index is -0.0405. The smallest absolute Gasteiger partial charge is 0.266 e. The molecule has 0 bridgehead atoms. The Morgan fingerprint density at radius 2 is 1.93 bits per heavy atom. The fraction of sp³-hybridized carbons (Fsp3) is 0.190. The SMILES string of the molecule is Cc1ccc(-n2c(SCc3cnn(C)c3)nc3ccccc3c2=O)c(C)c1. The molecule has 2 heterocycles. The van der Waals surface area contributed by atoms with E-state index in [-0.39, 0.29) is 5.56 Å². The molecule has 6 heteroatoms. The minimum Gasteiger partial charge on any atom is -0.276 e. The van der Waals surface area contributed by atoms with Crippen molar-refractivity contribution in [3.63, 3.8) is 0 Å². The lowest BCUT2D eigenvalue weighted by molar-refractivity contribution is 0.767. The van der Waals surface area contributed by atoms with Crippen LogP contribution in [-0.2, 0) is 12.8 Å². The van der Waals surface area contributed by atoms with Crippen molar-refractivity contribution in [3.8, 4) is 5.69 Å². The van der Waals surface area contributed by atoms with Crippen LogP contribution in [0.2, 0.25) is 0 Å². The Balaban J connectivity index is 1.88. The van der Waals surface area contributed by atoms with Gasteiger partial charge in [-0.15, -0.1) is 0 Å². The van der Waals surface area contributed by atoms with Crippen molar-refractivity contribution in [2.45, 2.75) is 24.8 Å². The van der Waals surface area contributed by atoms with Crippen LogP contribution in [0.4, 0.5) is 0 Å². The predicted octanol–water partition coefficient (Wildman–Crippen LogP) is 4.03. The highest BCUT2D eigenvalue weighted by molar-refractivity contribution is 7.98. The average molecular weight is 376 g/mol. The number of hydrogen-bond acceptors (Lipinski definition) is 4. The second-order valence-corrected chi connectivity index (χ2v) is 7.60. The fourth-order valence-corrected chi connectivity index (χ4v) is 4.09. The Kier molecular flexibility index (Phi) is 4.58. The summed E-state index contributed by atoms with van der Waals surface area (Å²) in [5.41, 5.74) is 4.87. The van der Waals surface area contributed by atoms with Crippen LogP contribution in [-0.4, -0.2) is 19.3 Å². The number of thioether (sulfide) groups is 1. The number of hydrogen-bond donors (Lipinski definition) is 0. The van der Waals surface area contributed by atoms with Crippen LogP contribution in [0, 0.1) is 13.8 Å².